The summed E-state index contributed by atoms with van der Waals surface area (Å²) in [6.07, 6.45) is 1.31. The Hall–Kier alpha value is -3.24. The predicted molar refractivity (Wildman–Crippen MR) is 98.6 cm³/mol. The van der Waals surface area contributed by atoms with E-state index in [0.29, 0.717) is 17.1 Å². The summed E-state index contributed by atoms with van der Waals surface area (Å²) in [7, 11) is 0. The number of halogens is 1. The molecule has 0 aliphatic heterocycles. The van der Waals surface area contributed by atoms with Crippen LogP contribution in [0.2, 0.25) is 0 Å². The van der Waals surface area contributed by atoms with Gasteiger partial charge in [0.1, 0.15) is 23.9 Å². The fourth-order valence-electron chi connectivity index (χ4n) is 2.11. The lowest BCUT2D eigenvalue weighted by molar-refractivity contribution is 0.102. The third-order valence-corrected chi connectivity index (χ3v) is 3.84. The number of aromatic nitrogens is 2. The monoisotopic (exact) mass is 393 g/mol. The van der Waals surface area contributed by atoms with Crippen molar-refractivity contribution in [2.75, 3.05) is 10.6 Å². The molecule has 0 saturated heterocycles. The number of benzene rings is 2. The number of carbonyl (C=O) groups is 1. The van der Waals surface area contributed by atoms with Crippen molar-refractivity contribution in [2.45, 2.75) is 0 Å². The number of nitrogens with zero attached hydrogens (tertiary/aromatic N) is 3. The normalized spacial score (nSPS) is 9.92. The first-order chi connectivity index (χ1) is 12.2. The molecular weight excluding hydrogens is 382 g/mol. The van der Waals surface area contributed by atoms with Gasteiger partial charge in [-0.05, 0) is 36.4 Å². The Kier molecular flexibility index (Phi) is 5.02. The number of hydrogen-bond acceptors (Lipinski definition) is 5. The van der Waals surface area contributed by atoms with Crippen LogP contribution in [0.1, 0.15) is 16.1 Å². The minimum Gasteiger partial charge on any atom is -0.340 e. The number of para-hydroxylation sites is 1. The SMILES string of the molecule is N#Cc1ccccc1NC(=O)c1cc(Nc2ccc(Br)cc2)ncn1. The molecule has 6 nitrogen and oxygen atoms in total. The van der Waals surface area contributed by atoms with Crippen molar-refractivity contribution in [2.24, 2.45) is 0 Å². The molecule has 2 N–H and O–H groups in total. The molecule has 3 aromatic rings. The summed E-state index contributed by atoms with van der Waals surface area (Å²) in [6.45, 7) is 0. The molecule has 1 aromatic heterocycles. The molecule has 0 radical (unpaired) electrons. The average Bonchev–Trinajstić information content (AvgIpc) is 2.64. The van der Waals surface area contributed by atoms with Gasteiger partial charge in [0.25, 0.3) is 5.91 Å². The van der Waals surface area contributed by atoms with E-state index in [1.54, 1.807) is 30.3 Å². The second kappa shape index (κ2) is 7.55. The standard InChI is InChI=1S/C18H12BrN5O/c19-13-5-7-14(8-6-13)23-17-9-16(21-11-22-17)18(25)24-15-4-2-1-3-12(15)10-20/h1-9,11H,(H,24,25)(H,21,22,23). The number of amides is 1. The van der Waals surface area contributed by atoms with Crippen LogP contribution in [-0.2, 0) is 0 Å². The highest BCUT2D eigenvalue weighted by atomic mass is 79.9. The largest absolute Gasteiger partial charge is 0.340 e. The van der Waals surface area contributed by atoms with Crippen molar-refractivity contribution in [1.82, 2.24) is 9.97 Å². The highest BCUT2D eigenvalue weighted by Crippen LogP contribution is 2.19. The molecule has 0 fully saturated rings. The van der Waals surface area contributed by atoms with Crippen molar-refractivity contribution in [3.63, 3.8) is 0 Å². The molecule has 0 aliphatic rings. The third kappa shape index (κ3) is 4.19. The van der Waals surface area contributed by atoms with Crippen LogP contribution in [0.25, 0.3) is 0 Å². The summed E-state index contributed by atoms with van der Waals surface area (Å²) in [6, 6.07) is 17.9. The molecule has 3 rings (SSSR count). The number of rotatable bonds is 4. The Morgan fingerprint density at radius 3 is 2.60 bits per heavy atom. The van der Waals surface area contributed by atoms with Crippen LogP contribution >= 0.6 is 15.9 Å². The first-order valence-corrected chi connectivity index (χ1v) is 8.10. The maximum Gasteiger partial charge on any atom is 0.274 e. The van der Waals surface area contributed by atoms with E-state index in [9.17, 15) is 4.79 Å². The van der Waals surface area contributed by atoms with Gasteiger partial charge in [-0.2, -0.15) is 5.26 Å². The van der Waals surface area contributed by atoms with E-state index in [4.69, 9.17) is 5.26 Å². The van der Waals surface area contributed by atoms with Gasteiger partial charge in [-0.15, -0.1) is 0 Å². The maximum atomic E-state index is 12.4. The van der Waals surface area contributed by atoms with E-state index in [0.717, 1.165) is 10.2 Å². The molecule has 0 saturated carbocycles. The molecule has 0 aliphatic carbocycles. The lowest BCUT2D eigenvalue weighted by atomic mass is 10.2. The van der Waals surface area contributed by atoms with Gasteiger partial charge >= 0.3 is 0 Å². The Balaban J connectivity index is 1.77. The molecule has 0 atom stereocenters. The van der Waals surface area contributed by atoms with Gasteiger partial charge in [0.15, 0.2) is 0 Å². The van der Waals surface area contributed by atoms with E-state index in [2.05, 4.69) is 36.5 Å². The molecule has 0 bridgehead atoms. The first kappa shape index (κ1) is 16.6. The van der Waals surface area contributed by atoms with Crippen molar-refractivity contribution >= 4 is 39.0 Å². The molecule has 122 valence electrons. The number of nitrogens with one attached hydrogen (secondary N) is 2. The molecule has 7 heteroatoms. The molecule has 0 spiro atoms. The van der Waals surface area contributed by atoms with E-state index in [1.165, 1.54) is 6.33 Å². The summed E-state index contributed by atoms with van der Waals surface area (Å²) in [4.78, 5) is 20.5. The van der Waals surface area contributed by atoms with E-state index < -0.39 is 5.91 Å². The zero-order valence-electron chi connectivity index (χ0n) is 12.9. The third-order valence-electron chi connectivity index (χ3n) is 3.31. The fraction of sp³-hybridized carbons (Fsp3) is 0. The molecule has 1 heterocycles. The molecular formula is C18H12BrN5O. The molecule has 2 aromatic carbocycles. The molecule has 0 unspecified atom stereocenters. The number of nitriles is 1. The molecule has 25 heavy (non-hydrogen) atoms. The van der Waals surface area contributed by atoms with E-state index in [-0.39, 0.29) is 5.69 Å². The van der Waals surface area contributed by atoms with Crippen LogP contribution in [0.3, 0.4) is 0 Å². The summed E-state index contributed by atoms with van der Waals surface area (Å²) in [5.74, 6) is 0.0833. The van der Waals surface area contributed by atoms with Crippen molar-refractivity contribution in [1.29, 1.82) is 5.26 Å². The van der Waals surface area contributed by atoms with Crippen LogP contribution in [0.15, 0.2) is 65.4 Å². The predicted octanol–water partition coefficient (Wildman–Crippen LogP) is 4.11. The Morgan fingerprint density at radius 2 is 1.84 bits per heavy atom. The minimum atomic E-state index is -0.413. The van der Waals surface area contributed by atoms with Crippen molar-refractivity contribution in [3.8, 4) is 6.07 Å². The lowest BCUT2D eigenvalue weighted by Gasteiger charge is -2.08. The quantitative estimate of drug-likeness (QED) is 0.695. The molecule has 1 amide bonds. The van der Waals surface area contributed by atoms with Crippen LogP contribution in [0.4, 0.5) is 17.2 Å². The van der Waals surface area contributed by atoms with E-state index >= 15 is 0 Å². The maximum absolute atomic E-state index is 12.4. The van der Waals surface area contributed by atoms with Gasteiger partial charge in [-0.1, -0.05) is 28.1 Å². The van der Waals surface area contributed by atoms with Gasteiger partial charge in [-0.3, -0.25) is 4.79 Å². The summed E-state index contributed by atoms with van der Waals surface area (Å²) >= 11 is 3.38. The van der Waals surface area contributed by atoms with E-state index in [1.807, 2.05) is 30.3 Å². The van der Waals surface area contributed by atoms with Gasteiger partial charge < -0.3 is 10.6 Å². The second-order valence-corrected chi connectivity index (χ2v) is 5.95. The number of carbonyl (C=O) groups excluding carboxylic acids is 1. The Labute approximate surface area is 152 Å². The van der Waals surface area contributed by atoms with Gasteiger partial charge in [0.2, 0.25) is 0 Å². The Morgan fingerprint density at radius 1 is 1.08 bits per heavy atom. The second-order valence-electron chi connectivity index (χ2n) is 5.03. The van der Waals surface area contributed by atoms with Crippen molar-refractivity contribution in [3.05, 3.63) is 76.7 Å². The average molecular weight is 394 g/mol. The summed E-state index contributed by atoms with van der Waals surface area (Å²) in [5, 5.41) is 14.9. The highest BCUT2D eigenvalue weighted by Gasteiger charge is 2.11. The van der Waals surface area contributed by atoms with Crippen LogP contribution < -0.4 is 10.6 Å². The van der Waals surface area contributed by atoms with Gasteiger partial charge in [-0.25, -0.2) is 9.97 Å². The lowest BCUT2D eigenvalue weighted by Crippen LogP contribution is -2.15. The first-order valence-electron chi connectivity index (χ1n) is 7.31. The number of anilines is 3. The Bertz CT molecular complexity index is 950. The summed E-state index contributed by atoms with van der Waals surface area (Å²) in [5.41, 5.74) is 1.86. The fourth-order valence-corrected chi connectivity index (χ4v) is 2.37. The van der Waals surface area contributed by atoms with Gasteiger partial charge in [0.05, 0.1) is 11.3 Å². The zero-order valence-corrected chi connectivity index (χ0v) is 14.5. The van der Waals surface area contributed by atoms with Gasteiger partial charge in [0, 0.05) is 16.2 Å². The zero-order chi connectivity index (χ0) is 17.6. The van der Waals surface area contributed by atoms with Crippen molar-refractivity contribution < 1.29 is 4.79 Å². The minimum absolute atomic E-state index is 0.197. The van der Waals surface area contributed by atoms with Crippen LogP contribution in [0, 0.1) is 11.3 Å². The topological polar surface area (TPSA) is 90.7 Å². The summed E-state index contributed by atoms with van der Waals surface area (Å²) < 4.78 is 0.969. The highest BCUT2D eigenvalue weighted by molar-refractivity contribution is 9.10. The smallest absolute Gasteiger partial charge is 0.274 e. The van der Waals surface area contributed by atoms with Crippen LogP contribution in [-0.4, -0.2) is 15.9 Å². The van der Waals surface area contributed by atoms with Crippen LogP contribution in [0.5, 0.6) is 0 Å². The number of hydrogen-bond donors (Lipinski definition) is 2.